The first kappa shape index (κ1) is 24.7. The van der Waals surface area contributed by atoms with Crippen molar-refractivity contribution in [3.8, 4) is 0 Å². The minimum Gasteiger partial charge on any atom is -0.431 e. The Hall–Kier alpha value is -0.330. The topological polar surface area (TPSA) is 54.0 Å². The van der Waals surface area contributed by atoms with E-state index < -0.39 is 11.8 Å². The predicted octanol–water partition coefficient (Wildman–Crippen LogP) is 5.48. The molecule has 0 saturated heterocycles. The number of rotatable bonds is 12. The third-order valence-electron chi connectivity index (χ3n) is 3.53. The molecular weight excluding hydrogens is 388 g/mol. The van der Waals surface area contributed by atoms with Crippen LogP contribution in [0.3, 0.4) is 0 Å². The van der Waals surface area contributed by atoms with Gasteiger partial charge in [-0.25, -0.2) is 4.79 Å². The predicted molar refractivity (Wildman–Crippen MR) is 104 cm³/mol. The van der Waals surface area contributed by atoms with Crippen LogP contribution in [-0.4, -0.2) is 47.6 Å². The SMILES string of the molecule is CC(Br)CC(C)OC(=O)OC(C)(C)CC(C)OC(C)CCOC(C)C. The van der Waals surface area contributed by atoms with Gasteiger partial charge in [0.25, 0.3) is 0 Å². The lowest BCUT2D eigenvalue weighted by Crippen LogP contribution is -2.35. The van der Waals surface area contributed by atoms with Crippen molar-refractivity contribution in [3.05, 3.63) is 0 Å². The Bertz CT molecular complexity index is 371. The van der Waals surface area contributed by atoms with E-state index in [1.807, 2.05) is 55.4 Å². The van der Waals surface area contributed by atoms with Crippen LogP contribution in [0.1, 0.15) is 74.7 Å². The molecule has 0 spiro atoms. The number of alkyl halides is 1. The molecular formula is C19H37BrO5. The molecule has 150 valence electrons. The van der Waals surface area contributed by atoms with Gasteiger partial charge in [0.2, 0.25) is 0 Å². The number of carbonyl (C=O) groups is 1. The zero-order valence-corrected chi connectivity index (χ0v) is 18.7. The van der Waals surface area contributed by atoms with Crippen LogP contribution in [0.2, 0.25) is 0 Å². The quantitative estimate of drug-likeness (QED) is 0.306. The van der Waals surface area contributed by atoms with E-state index in [9.17, 15) is 4.79 Å². The standard InChI is InChI=1S/C19H37BrO5/c1-13(2)22-10-9-15(4)23-17(6)12-19(7,8)25-18(21)24-16(5)11-14(3)20/h13-17H,9-12H2,1-8H3. The van der Waals surface area contributed by atoms with Gasteiger partial charge in [-0.3, -0.25) is 0 Å². The van der Waals surface area contributed by atoms with E-state index in [4.69, 9.17) is 18.9 Å². The maximum Gasteiger partial charge on any atom is 0.509 e. The molecule has 0 saturated carbocycles. The van der Waals surface area contributed by atoms with Crippen molar-refractivity contribution in [2.24, 2.45) is 0 Å². The van der Waals surface area contributed by atoms with Crippen LogP contribution in [-0.2, 0) is 18.9 Å². The molecule has 0 aromatic carbocycles. The van der Waals surface area contributed by atoms with E-state index in [-0.39, 0.29) is 29.2 Å². The molecule has 6 heteroatoms. The average Bonchev–Trinajstić information content (AvgIpc) is 2.34. The summed E-state index contributed by atoms with van der Waals surface area (Å²) in [5.41, 5.74) is -0.648. The molecule has 5 nitrogen and oxygen atoms in total. The van der Waals surface area contributed by atoms with Gasteiger partial charge in [-0.15, -0.1) is 0 Å². The van der Waals surface area contributed by atoms with E-state index in [1.165, 1.54) is 0 Å². The number of hydrogen-bond acceptors (Lipinski definition) is 5. The number of hydrogen-bond donors (Lipinski definition) is 0. The molecule has 0 aliphatic rings. The molecule has 0 aliphatic carbocycles. The smallest absolute Gasteiger partial charge is 0.431 e. The lowest BCUT2D eigenvalue weighted by molar-refractivity contribution is -0.0762. The van der Waals surface area contributed by atoms with Gasteiger partial charge in [0, 0.05) is 17.9 Å². The minimum absolute atomic E-state index is 0.0307. The summed E-state index contributed by atoms with van der Waals surface area (Å²) in [4.78, 5) is 12.2. The summed E-state index contributed by atoms with van der Waals surface area (Å²) in [7, 11) is 0. The first-order valence-corrected chi connectivity index (χ1v) is 10.1. The Morgan fingerprint density at radius 3 is 2.12 bits per heavy atom. The fraction of sp³-hybridized carbons (Fsp3) is 0.947. The van der Waals surface area contributed by atoms with Crippen molar-refractivity contribution in [2.45, 2.75) is 109 Å². The minimum atomic E-state index is -0.648. The molecule has 0 fully saturated rings. The van der Waals surface area contributed by atoms with Crippen LogP contribution >= 0.6 is 15.9 Å². The van der Waals surface area contributed by atoms with Gasteiger partial charge in [0.05, 0.1) is 18.3 Å². The average molecular weight is 425 g/mol. The number of ether oxygens (including phenoxy) is 4. The van der Waals surface area contributed by atoms with Gasteiger partial charge in [-0.05, 0) is 61.3 Å². The molecule has 0 aliphatic heterocycles. The molecule has 0 aromatic heterocycles. The van der Waals surface area contributed by atoms with Gasteiger partial charge >= 0.3 is 6.16 Å². The van der Waals surface area contributed by atoms with Gasteiger partial charge in [0.1, 0.15) is 11.7 Å². The van der Waals surface area contributed by atoms with Crippen molar-refractivity contribution < 1.29 is 23.7 Å². The number of halogens is 1. The Kier molecular flexibility index (Phi) is 12.0. The fourth-order valence-electron chi connectivity index (χ4n) is 2.64. The van der Waals surface area contributed by atoms with Crippen molar-refractivity contribution in [2.75, 3.05) is 6.61 Å². The molecule has 25 heavy (non-hydrogen) atoms. The monoisotopic (exact) mass is 424 g/mol. The van der Waals surface area contributed by atoms with E-state index >= 15 is 0 Å². The van der Waals surface area contributed by atoms with Gasteiger partial charge in [0.15, 0.2) is 0 Å². The molecule has 0 rings (SSSR count). The zero-order chi connectivity index (χ0) is 19.6. The van der Waals surface area contributed by atoms with E-state index in [0.29, 0.717) is 13.0 Å². The maximum atomic E-state index is 11.9. The van der Waals surface area contributed by atoms with E-state index in [2.05, 4.69) is 15.9 Å². The summed E-state index contributed by atoms with van der Waals surface area (Å²) >= 11 is 3.45. The molecule has 0 bridgehead atoms. The first-order valence-electron chi connectivity index (χ1n) is 9.22. The second kappa shape index (κ2) is 12.1. The second-order valence-corrected chi connectivity index (χ2v) is 9.29. The third kappa shape index (κ3) is 14.5. The molecule has 0 amide bonds. The van der Waals surface area contributed by atoms with Crippen molar-refractivity contribution in [1.82, 2.24) is 0 Å². The summed E-state index contributed by atoms with van der Waals surface area (Å²) in [6.45, 7) is 16.4. The molecule has 4 unspecified atom stereocenters. The highest BCUT2D eigenvalue weighted by Gasteiger charge is 2.28. The van der Waals surface area contributed by atoms with Crippen molar-refractivity contribution in [3.63, 3.8) is 0 Å². The summed E-state index contributed by atoms with van der Waals surface area (Å²) in [6, 6.07) is 0. The van der Waals surface area contributed by atoms with Crippen molar-refractivity contribution in [1.29, 1.82) is 0 Å². The Labute approximate surface area is 162 Å². The maximum absolute atomic E-state index is 11.9. The van der Waals surface area contributed by atoms with Gasteiger partial charge in [-0.1, -0.05) is 22.9 Å². The molecule has 0 heterocycles. The normalized spacial score (nSPS) is 17.0. The van der Waals surface area contributed by atoms with Crippen LogP contribution in [0.4, 0.5) is 4.79 Å². The first-order chi connectivity index (χ1) is 11.4. The highest BCUT2D eigenvalue weighted by atomic mass is 79.9. The molecule has 4 atom stereocenters. The van der Waals surface area contributed by atoms with E-state index in [1.54, 1.807) is 0 Å². The lowest BCUT2D eigenvalue weighted by atomic mass is 10.0. The Morgan fingerprint density at radius 1 is 1.00 bits per heavy atom. The summed E-state index contributed by atoms with van der Waals surface area (Å²) in [6.07, 6.45) is 1.66. The Balaban J connectivity index is 4.20. The summed E-state index contributed by atoms with van der Waals surface area (Å²) in [5, 5.41) is 0. The van der Waals surface area contributed by atoms with Crippen LogP contribution in [0, 0.1) is 0 Å². The lowest BCUT2D eigenvalue weighted by Gasteiger charge is -2.29. The van der Waals surface area contributed by atoms with Crippen LogP contribution < -0.4 is 0 Å². The molecule has 0 N–H and O–H groups in total. The Morgan fingerprint density at radius 2 is 1.60 bits per heavy atom. The summed E-state index contributed by atoms with van der Waals surface area (Å²) in [5.74, 6) is 0. The van der Waals surface area contributed by atoms with E-state index in [0.717, 1.165) is 12.8 Å². The van der Waals surface area contributed by atoms with Crippen LogP contribution in [0.25, 0.3) is 0 Å². The van der Waals surface area contributed by atoms with Crippen LogP contribution in [0.15, 0.2) is 0 Å². The number of carbonyl (C=O) groups excluding carboxylic acids is 1. The molecule has 0 aromatic rings. The zero-order valence-electron chi connectivity index (χ0n) is 17.1. The van der Waals surface area contributed by atoms with Crippen molar-refractivity contribution >= 4 is 22.1 Å². The fourth-order valence-corrected chi connectivity index (χ4v) is 3.16. The highest BCUT2D eigenvalue weighted by Crippen LogP contribution is 2.21. The van der Waals surface area contributed by atoms with Gasteiger partial charge in [-0.2, -0.15) is 0 Å². The highest BCUT2D eigenvalue weighted by molar-refractivity contribution is 9.09. The molecule has 0 radical (unpaired) electrons. The largest absolute Gasteiger partial charge is 0.509 e. The third-order valence-corrected chi connectivity index (χ3v) is 3.91. The second-order valence-electron chi connectivity index (χ2n) is 7.73. The van der Waals surface area contributed by atoms with Crippen LogP contribution in [0.5, 0.6) is 0 Å². The van der Waals surface area contributed by atoms with Gasteiger partial charge < -0.3 is 18.9 Å². The summed E-state index contributed by atoms with van der Waals surface area (Å²) < 4.78 is 22.3.